The van der Waals surface area contributed by atoms with E-state index in [1.54, 1.807) is 0 Å². The van der Waals surface area contributed by atoms with Gasteiger partial charge >= 0.3 is 0 Å². The molecule has 0 radical (unpaired) electrons. The molecule has 2 aliphatic heterocycles. The maximum Gasteiger partial charge on any atom is 0.265 e. The normalized spacial score (nSPS) is 29.7. The molecule has 2 fully saturated rings. The van der Waals surface area contributed by atoms with Crippen LogP contribution in [0.15, 0.2) is 0 Å². The van der Waals surface area contributed by atoms with Gasteiger partial charge in [-0.15, -0.1) is 5.10 Å². The number of fused-ring (bicyclic) bond motifs is 2. The fourth-order valence-electron chi connectivity index (χ4n) is 3.16. The van der Waals surface area contributed by atoms with Crippen molar-refractivity contribution in [2.75, 3.05) is 0 Å². The first-order chi connectivity index (χ1) is 9.13. The van der Waals surface area contributed by atoms with Crippen molar-refractivity contribution in [1.82, 2.24) is 20.2 Å². The zero-order valence-corrected chi connectivity index (χ0v) is 12.2. The van der Waals surface area contributed by atoms with Crippen molar-refractivity contribution in [3.8, 4) is 0 Å². The highest BCUT2D eigenvalue weighted by Crippen LogP contribution is 2.27. The molecule has 2 aliphatic rings. The average molecular weight is 280 g/mol. The van der Waals surface area contributed by atoms with Gasteiger partial charge < -0.3 is 10.6 Å². The number of piperidine rings is 1. The van der Waals surface area contributed by atoms with Crippen LogP contribution < -0.4 is 10.6 Å². The van der Waals surface area contributed by atoms with Crippen LogP contribution in [0.1, 0.15) is 60.8 Å². The minimum Gasteiger partial charge on any atom is -0.348 e. The standard InChI is InChI=1S/C13H20N4OS/c1-7(2)11-12(19-17-16-11)13(18)15-10-5-8-3-4-9(6-10)14-8/h7-10,14H,3-6H2,1-2H3,(H,15,18). The molecule has 2 atom stereocenters. The largest absolute Gasteiger partial charge is 0.348 e. The second-order valence-electron chi connectivity index (χ2n) is 5.92. The first-order valence-corrected chi connectivity index (χ1v) is 7.80. The smallest absolute Gasteiger partial charge is 0.265 e. The lowest BCUT2D eigenvalue weighted by Crippen LogP contribution is -2.48. The Labute approximate surface area is 117 Å². The molecule has 2 N–H and O–H groups in total. The molecule has 5 nitrogen and oxygen atoms in total. The Morgan fingerprint density at radius 2 is 2.05 bits per heavy atom. The van der Waals surface area contributed by atoms with Gasteiger partial charge in [0.2, 0.25) is 0 Å². The quantitative estimate of drug-likeness (QED) is 0.884. The molecule has 2 saturated heterocycles. The number of nitrogens with one attached hydrogen (secondary N) is 2. The number of carbonyl (C=O) groups is 1. The van der Waals surface area contributed by atoms with Crippen molar-refractivity contribution < 1.29 is 4.79 Å². The number of hydrogen-bond acceptors (Lipinski definition) is 5. The highest BCUT2D eigenvalue weighted by molar-refractivity contribution is 7.08. The van der Waals surface area contributed by atoms with Crippen LogP contribution in [0.4, 0.5) is 0 Å². The third kappa shape index (κ3) is 2.65. The zero-order chi connectivity index (χ0) is 13.4. The van der Waals surface area contributed by atoms with Crippen molar-refractivity contribution in [3.63, 3.8) is 0 Å². The van der Waals surface area contributed by atoms with E-state index in [-0.39, 0.29) is 11.8 Å². The highest BCUT2D eigenvalue weighted by atomic mass is 32.1. The topological polar surface area (TPSA) is 66.9 Å². The Morgan fingerprint density at radius 1 is 1.37 bits per heavy atom. The Balaban J connectivity index is 1.66. The molecular weight excluding hydrogens is 260 g/mol. The van der Waals surface area contributed by atoms with Crippen LogP contribution in [0, 0.1) is 0 Å². The first kappa shape index (κ1) is 13.0. The second kappa shape index (κ2) is 5.17. The number of aromatic nitrogens is 2. The van der Waals surface area contributed by atoms with Crippen LogP contribution in [0.5, 0.6) is 0 Å². The second-order valence-corrected chi connectivity index (χ2v) is 6.68. The first-order valence-electron chi connectivity index (χ1n) is 7.02. The average Bonchev–Trinajstić information content (AvgIpc) is 2.96. The minimum absolute atomic E-state index is 0.00463. The lowest BCUT2D eigenvalue weighted by molar-refractivity contribution is 0.0926. The number of carbonyl (C=O) groups excluding carboxylic acids is 1. The summed E-state index contributed by atoms with van der Waals surface area (Å²) in [5.74, 6) is 0.244. The number of rotatable bonds is 3. The van der Waals surface area contributed by atoms with E-state index in [1.807, 2.05) is 13.8 Å². The summed E-state index contributed by atoms with van der Waals surface area (Å²) in [7, 11) is 0. The van der Waals surface area contributed by atoms with Crippen molar-refractivity contribution in [2.24, 2.45) is 0 Å². The van der Waals surface area contributed by atoms with Gasteiger partial charge in [-0.05, 0) is 43.1 Å². The van der Waals surface area contributed by atoms with Crippen LogP contribution in [0.2, 0.25) is 0 Å². The SMILES string of the molecule is CC(C)c1nnsc1C(=O)NC1CC2CCC(C1)N2. The molecule has 104 valence electrons. The summed E-state index contributed by atoms with van der Waals surface area (Å²) in [5, 5.41) is 10.8. The lowest BCUT2D eigenvalue weighted by Gasteiger charge is -2.29. The zero-order valence-electron chi connectivity index (χ0n) is 11.3. The molecule has 0 saturated carbocycles. The third-order valence-corrected chi connectivity index (χ3v) is 4.82. The van der Waals surface area contributed by atoms with Gasteiger partial charge in [-0.1, -0.05) is 18.3 Å². The minimum atomic E-state index is 0.00463. The van der Waals surface area contributed by atoms with Crippen LogP contribution in [0.3, 0.4) is 0 Å². The van der Waals surface area contributed by atoms with E-state index >= 15 is 0 Å². The number of amides is 1. The van der Waals surface area contributed by atoms with E-state index in [1.165, 1.54) is 24.4 Å². The van der Waals surface area contributed by atoms with Gasteiger partial charge in [-0.3, -0.25) is 4.79 Å². The maximum atomic E-state index is 12.3. The Kier molecular flexibility index (Phi) is 3.54. The highest BCUT2D eigenvalue weighted by Gasteiger charge is 2.34. The molecule has 3 heterocycles. The predicted octanol–water partition coefficient (Wildman–Crippen LogP) is 1.67. The summed E-state index contributed by atoms with van der Waals surface area (Å²) in [4.78, 5) is 13.0. The Hall–Kier alpha value is -1.01. The molecule has 6 heteroatoms. The van der Waals surface area contributed by atoms with Crippen molar-refractivity contribution in [2.45, 2.75) is 63.6 Å². The molecule has 1 aromatic heterocycles. The van der Waals surface area contributed by atoms with Crippen LogP contribution >= 0.6 is 11.5 Å². The number of nitrogens with zero attached hydrogens (tertiary/aromatic N) is 2. The molecule has 0 spiro atoms. The molecule has 2 unspecified atom stereocenters. The van der Waals surface area contributed by atoms with Crippen LogP contribution in [-0.2, 0) is 0 Å². The summed E-state index contributed by atoms with van der Waals surface area (Å²) in [6, 6.07) is 1.48. The predicted molar refractivity (Wildman–Crippen MR) is 74.4 cm³/mol. The molecule has 0 aliphatic carbocycles. The summed E-state index contributed by atoms with van der Waals surface area (Å²) in [6.07, 6.45) is 4.59. The van der Waals surface area contributed by atoms with Gasteiger partial charge in [0.05, 0.1) is 5.69 Å². The van der Waals surface area contributed by atoms with Gasteiger partial charge in [-0.2, -0.15) is 0 Å². The number of hydrogen-bond donors (Lipinski definition) is 2. The van der Waals surface area contributed by atoms with Crippen molar-refractivity contribution in [3.05, 3.63) is 10.6 Å². The molecule has 19 heavy (non-hydrogen) atoms. The summed E-state index contributed by atoms with van der Waals surface area (Å²) >= 11 is 1.20. The van der Waals surface area contributed by atoms with E-state index in [0.29, 0.717) is 23.0 Å². The molecule has 3 rings (SSSR count). The van der Waals surface area contributed by atoms with Gasteiger partial charge in [-0.25, -0.2) is 0 Å². The fraction of sp³-hybridized carbons (Fsp3) is 0.769. The van der Waals surface area contributed by atoms with Crippen molar-refractivity contribution in [1.29, 1.82) is 0 Å². The fourth-order valence-corrected chi connectivity index (χ4v) is 3.88. The van der Waals surface area contributed by atoms with E-state index in [0.717, 1.165) is 18.5 Å². The van der Waals surface area contributed by atoms with E-state index in [2.05, 4.69) is 20.2 Å². The monoisotopic (exact) mass is 280 g/mol. The van der Waals surface area contributed by atoms with E-state index in [9.17, 15) is 4.79 Å². The molecule has 1 amide bonds. The summed E-state index contributed by atoms with van der Waals surface area (Å²) < 4.78 is 3.92. The summed E-state index contributed by atoms with van der Waals surface area (Å²) in [6.45, 7) is 4.08. The van der Waals surface area contributed by atoms with Gasteiger partial charge in [0.1, 0.15) is 4.88 Å². The van der Waals surface area contributed by atoms with E-state index < -0.39 is 0 Å². The third-order valence-electron chi connectivity index (χ3n) is 4.07. The Morgan fingerprint density at radius 3 is 2.68 bits per heavy atom. The van der Waals surface area contributed by atoms with Gasteiger partial charge in [0.25, 0.3) is 5.91 Å². The van der Waals surface area contributed by atoms with Crippen LogP contribution in [0.25, 0.3) is 0 Å². The van der Waals surface area contributed by atoms with Crippen LogP contribution in [-0.4, -0.2) is 33.6 Å². The maximum absolute atomic E-state index is 12.3. The molecular formula is C13H20N4OS. The van der Waals surface area contributed by atoms with E-state index in [4.69, 9.17) is 0 Å². The Bertz CT molecular complexity index is 461. The summed E-state index contributed by atoms with van der Waals surface area (Å²) in [5.41, 5.74) is 0.819. The van der Waals surface area contributed by atoms with Gasteiger partial charge in [0, 0.05) is 18.1 Å². The molecule has 0 aromatic carbocycles. The van der Waals surface area contributed by atoms with Gasteiger partial charge in [0.15, 0.2) is 0 Å². The molecule has 2 bridgehead atoms. The molecule has 1 aromatic rings. The van der Waals surface area contributed by atoms with Crippen molar-refractivity contribution >= 4 is 17.4 Å². The lowest BCUT2D eigenvalue weighted by atomic mass is 9.99.